The van der Waals surface area contributed by atoms with E-state index in [4.69, 9.17) is 5.26 Å². The van der Waals surface area contributed by atoms with E-state index >= 15 is 0 Å². The maximum Gasteiger partial charge on any atom is 0.391 e. The van der Waals surface area contributed by atoms with E-state index in [-0.39, 0.29) is 16.9 Å². The van der Waals surface area contributed by atoms with Gasteiger partial charge in [0.1, 0.15) is 5.69 Å². The third-order valence-electron chi connectivity index (χ3n) is 2.26. The first-order valence-corrected chi connectivity index (χ1v) is 5.25. The highest BCUT2D eigenvalue weighted by atomic mass is 19.4. The third-order valence-corrected chi connectivity index (χ3v) is 2.26. The molecule has 1 aromatic carbocycles. The van der Waals surface area contributed by atoms with E-state index in [1.54, 1.807) is 6.07 Å². The molecule has 0 saturated carbocycles. The molecule has 0 radical (unpaired) electrons. The minimum atomic E-state index is -4.37. The maximum absolute atomic E-state index is 12.2. The molecule has 0 saturated heterocycles. The van der Waals surface area contributed by atoms with Crippen LogP contribution >= 0.6 is 0 Å². The molecule has 0 spiro atoms. The molecule has 1 atom stereocenters. The first-order chi connectivity index (χ1) is 8.73. The standard InChI is InChI=1S/C11H10F3N3O2/c1-7(5-11(12,13)14)16-9-4-8(6-15)2-3-10(9)17(18)19/h2-4,7,16H,5H2,1H3. The summed E-state index contributed by atoms with van der Waals surface area (Å²) in [6, 6.07) is 4.21. The van der Waals surface area contributed by atoms with E-state index in [1.165, 1.54) is 13.0 Å². The molecule has 5 nitrogen and oxygen atoms in total. The quantitative estimate of drug-likeness (QED) is 0.674. The lowest BCUT2D eigenvalue weighted by atomic mass is 10.1. The average molecular weight is 273 g/mol. The van der Waals surface area contributed by atoms with Crippen LogP contribution in [0.4, 0.5) is 24.5 Å². The second kappa shape index (κ2) is 5.56. The summed E-state index contributed by atoms with van der Waals surface area (Å²) in [5.41, 5.74) is -0.332. The van der Waals surface area contributed by atoms with E-state index in [0.717, 1.165) is 12.1 Å². The molecule has 0 heterocycles. The van der Waals surface area contributed by atoms with Gasteiger partial charge < -0.3 is 5.32 Å². The van der Waals surface area contributed by atoms with Crippen LogP contribution < -0.4 is 5.32 Å². The van der Waals surface area contributed by atoms with Crippen molar-refractivity contribution < 1.29 is 18.1 Å². The van der Waals surface area contributed by atoms with E-state index in [1.807, 2.05) is 0 Å². The number of alkyl halides is 3. The Bertz CT molecular complexity index is 523. The zero-order valence-electron chi connectivity index (χ0n) is 9.86. The molecule has 0 fully saturated rings. The lowest BCUT2D eigenvalue weighted by molar-refractivity contribution is -0.384. The van der Waals surface area contributed by atoms with E-state index in [2.05, 4.69) is 5.32 Å². The molecule has 0 aromatic heterocycles. The number of benzene rings is 1. The van der Waals surface area contributed by atoms with Crippen LogP contribution in [0.25, 0.3) is 0 Å². The van der Waals surface area contributed by atoms with E-state index in [0.29, 0.717) is 0 Å². The van der Waals surface area contributed by atoms with Gasteiger partial charge in [-0.3, -0.25) is 10.1 Å². The number of nitro groups is 1. The SMILES string of the molecule is CC(CC(F)(F)F)Nc1cc(C#N)ccc1[N+](=O)[O-]. The van der Waals surface area contributed by atoms with Gasteiger partial charge in [0.2, 0.25) is 0 Å². The van der Waals surface area contributed by atoms with E-state index < -0.39 is 23.6 Å². The summed E-state index contributed by atoms with van der Waals surface area (Å²) in [6.45, 7) is 1.26. The second-order valence-corrected chi connectivity index (χ2v) is 3.97. The van der Waals surface area contributed by atoms with Crippen molar-refractivity contribution in [2.24, 2.45) is 0 Å². The normalized spacial score (nSPS) is 12.6. The minimum absolute atomic E-state index is 0.0965. The zero-order valence-corrected chi connectivity index (χ0v) is 9.86. The Morgan fingerprint density at radius 2 is 2.16 bits per heavy atom. The van der Waals surface area contributed by atoms with Gasteiger partial charge in [0, 0.05) is 12.1 Å². The highest BCUT2D eigenvalue weighted by Crippen LogP contribution is 2.28. The Labute approximate surface area is 106 Å². The molecule has 0 aliphatic rings. The van der Waals surface area contributed by atoms with Gasteiger partial charge in [0.25, 0.3) is 5.69 Å². The molecule has 0 bridgehead atoms. The van der Waals surface area contributed by atoms with Crippen LogP contribution in [-0.4, -0.2) is 17.1 Å². The lowest BCUT2D eigenvalue weighted by Gasteiger charge is -2.17. The molecular formula is C11H10F3N3O2. The molecule has 1 aromatic rings. The molecular weight excluding hydrogens is 263 g/mol. The number of nitriles is 1. The molecule has 8 heteroatoms. The summed E-state index contributed by atoms with van der Waals surface area (Å²) in [7, 11) is 0. The van der Waals surface area contributed by atoms with Crippen molar-refractivity contribution in [2.45, 2.75) is 25.6 Å². The van der Waals surface area contributed by atoms with Gasteiger partial charge in [-0.2, -0.15) is 18.4 Å². The Morgan fingerprint density at radius 1 is 1.53 bits per heavy atom. The van der Waals surface area contributed by atoms with Crippen LogP contribution in [-0.2, 0) is 0 Å². The minimum Gasteiger partial charge on any atom is -0.377 e. The monoisotopic (exact) mass is 273 g/mol. The fourth-order valence-corrected chi connectivity index (χ4v) is 1.54. The second-order valence-electron chi connectivity index (χ2n) is 3.97. The molecule has 0 aliphatic heterocycles. The van der Waals surface area contributed by atoms with Crippen molar-refractivity contribution in [3.8, 4) is 6.07 Å². The fraction of sp³-hybridized carbons (Fsp3) is 0.364. The van der Waals surface area contributed by atoms with Gasteiger partial charge in [-0.15, -0.1) is 0 Å². The lowest BCUT2D eigenvalue weighted by Crippen LogP contribution is -2.24. The summed E-state index contributed by atoms with van der Waals surface area (Å²) in [6.07, 6.45) is -5.49. The number of nitrogens with zero attached hydrogens (tertiary/aromatic N) is 2. The van der Waals surface area contributed by atoms with Crippen LogP contribution in [0.2, 0.25) is 0 Å². The maximum atomic E-state index is 12.2. The topological polar surface area (TPSA) is 79.0 Å². The third kappa shape index (κ3) is 4.46. The predicted molar refractivity (Wildman–Crippen MR) is 61.6 cm³/mol. The van der Waals surface area contributed by atoms with Crippen molar-refractivity contribution in [1.29, 1.82) is 5.26 Å². The van der Waals surface area contributed by atoms with Gasteiger partial charge in [-0.1, -0.05) is 0 Å². The van der Waals surface area contributed by atoms with Crippen molar-refractivity contribution in [3.05, 3.63) is 33.9 Å². The molecule has 0 aliphatic carbocycles. The van der Waals surface area contributed by atoms with Crippen LogP contribution in [0.1, 0.15) is 18.9 Å². The van der Waals surface area contributed by atoms with Gasteiger partial charge >= 0.3 is 6.18 Å². The van der Waals surface area contributed by atoms with Crippen LogP contribution in [0.5, 0.6) is 0 Å². The van der Waals surface area contributed by atoms with Crippen LogP contribution in [0.3, 0.4) is 0 Å². The van der Waals surface area contributed by atoms with E-state index in [9.17, 15) is 23.3 Å². The van der Waals surface area contributed by atoms with Crippen molar-refractivity contribution in [3.63, 3.8) is 0 Å². The van der Waals surface area contributed by atoms with Gasteiger partial charge in [0.05, 0.1) is 23.0 Å². The van der Waals surface area contributed by atoms with Crippen molar-refractivity contribution >= 4 is 11.4 Å². The Morgan fingerprint density at radius 3 is 2.63 bits per heavy atom. The summed E-state index contributed by atoms with van der Waals surface area (Å²) in [5, 5.41) is 21.8. The Hall–Kier alpha value is -2.30. The summed E-state index contributed by atoms with van der Waals surface area (Å²) in [4.78, 5) is 10.0. The number of halogens is 3. The molecule has 1 unspecified atom stereocenters. The van der Waals surface area contributed by atoms with Gasteiger partial charge in [-0.05, 0) is 19.1 Å². The number of rotatable bonds is 4. The van der Waals surface area contributed by atoms with Crippen LogP contribution in [0.15, 0.2) is 18.2 Å². The fourth-order valence-electron chi connectivity index (χ4n) is 1.54. The molecule has 1 N–H and O–H groups in total. The Kier molecular flexibility index (Phi) is 4.32. The smallest absolute Gasteiger partial charge is 0.377 e. The first-order valence-electron chi connectivity index (χ1n) is 5.25. The molecule has 1 rings (SSSR count). The number of anilines is 1. The average Bonchev–Trinajstić information content (AvgIpc) is 2.25. The number of nitrogens with one attached hydrogen (secondary N) is 1. The summed E-state index contributed by atoms with van der Waals surface area (Å²) >= 11 is 0. The highest BCUT2D eigenvalue weighted by Gasteiger charge is 2.30. The molecule has 0 amide bonds. The largest absolute Gasteiger partial charge is 0.391 e. The summed E-state index contributed by atoms with van der Waals surface area (Å²) < 4.78 is 36.6. The number of hydrogen-bond donors (Lipinski definition) is 1. The van der Waals surface area contributed by atoms with Gasteiger partial charge in [-0.25, -0.2) is 0 Å². The number of hydrogen-bond acceptors (Lipinski definition) is 4. The predicted octanol–water partition coefficient (Wildman–Crippen LogP) is 3.22. The van der Waals surface area contributed by atoms with Crippen molar-refractivity contribution in [2.75, 3.05) is 5.32 Å². The highest BCUT2D eigenvalue weighted by molar-refractivity contribution is 5.64. The van der Waals surface area contributed by atoms with Gasteiger partial charge in [0.15, 0.2) is 0 Å². The molecule has 102 valence electrons. The van der Waals surface area contributed by atoms with Crippen LogP contribution in [0, 0.1) is 21.4 Å². The molecule has 19 heavy (non-hydrogen) atoms. The van der Waals surface area contributed by atoms with Crippen molar-refractivity contribution in [1.82, 2.24) is 0 Å². The first kappa shape index (κ1) is 14.8. The summed E-state index contributed by atoms with van der Waals surface area (Å²) in [5.74, 6) is 0. The zero-order chi connectivity index (χ0) is 14.6. The number of nitro benzene ring substituents is 1. The Balaban J connectivity index is 2.98.